The Morgan fingerprint density at radius 3 is 2.59 bits per heavy atom. The third-order valence-electron chi connectivity index (χ3n) is 3.69. The summed E-state index contributed by atoms with van der Waals surface area (Å²) in [6.07, 6.45) is 3.25. The number of allylic oxidation sites excluding steroid dienone is 2. The summed E-state index contributed by atoms with van der Waals surface area (Å²) in [5.41, 5.74) is 8.42. The molecule has 2 aromatic carbocycles. The van der Waals surface area contributed by atoms with Gasteiger partial charge in [0.2, 0.25) is 0 Å². The van der Waals surface area contributed by atoms with E-state index in [2.05, 4.69) is 62.4 Å². The van der Waals surface area contributed by atoms with Gasteiger partial charge in [0.05, 0.1) is 0 Å². The van der Waals surface area contributed by atoms with Crippen LogP contribution in [0, 0.1) is 0 Å². The topological polar surface area (TPSA) is 0 Å². The molecule has 0 spiro atoms. The molecule has 3 rings (SSSR count). The molecule has 84 valence electrons. The fraction of sp³-hybridized carbons (Fsp3) is 0.176. The van der Waals surface area contributed by atoms with Crippen molar-refractivity contribution in [1.29, 1.82) is 0 Å². The predicted octanol–water partition coefficient (Wildman–Crippen LogP) is 4.68. The summed E-state index contributed by atoms with van der Waals surface area (Å²) in [6.45, 7) is 4.26. The van der Waals surface area contributed by atoms with Crippen molar-refractivity contribution in [3.05, 3.63) is 65.2 Å². The molecule has 17 heavy (non-hydrogen) atoms. The van der Waals surface area contributed by atoms with E-state index in [9.17, 15) is 0 Å². The quantitative estimate of drug-likeness (QED) is 0.558. The molecule has 0 saturated heterocycles. The normalized spacial score (nSPS) is 13.4. The fourth-order valence-electron chi connectivity index (χ4n) is 2.54. The molecular formula is C17H16. The van der Waals surface area contributed by atoms with Gasteiger partial charge in [0, 0.05) is 0 Å². The molecular weight excluding hydrogens is 204 g/mol. The van der Waals surface area contributed by atoms with Crippen LogP contribution in [0.3, 0.4) is 0 Å². The van der Waals surface area contributed by atoms with Crippen LogP contribution in [0.4, 0.5) is 0 Å². The Bertz CT molecular complexity index is 603. The van der Waals surface area contributed by atoms with Crippen LogP contribution in [-0.2, 0) is 6.42 Å². The number of rotatable bonds is 1. The van der Waals surface area contributed by atoms with Gasteiger partial charge in [-0.05, 0) is 59.7 Å². The molecule has 0 atom stereocenters. The van der Waals surface area contributed by atoms with Crippen LogP contribution >= 0.6 is 0 Å². The summed E-state index contributed by atoms with van der Waals surface area (Å²) < 4.78 is 0. The SMILES string of the molecule is C/C=C(\C)c1ccc2c(c1)-c1ccccc1C2. The van der Waals surface area contributed by atoms with E-state index < -0.39 is 0 Å². The summed E-state index contributed by atoms with van der Waals surface area (Å²) in [5.74, 6) is 0. The van der Waals surface area contributed by atoms with Crippen molar-refractivity contribution in [2.75, 3.05) is 0 Å². The Hall–Kier alpha value is -1.82. The second-order valence-corrected chi connectivity index (χ2v) is 4.68. The Morgan fingerprint density at radius 2 is 1.76 bits per heavy atom. The molecule has 1 aliphatic carbocycles. The summed E-state index contributed by atoms with van der Waals surface area (Å²) >= 11 is 0. The van der Waals surface area contributed by atoms with Gasteiger partial charge in [-0.15, -0.1) is 0 Å². The van der Waals surface area contributed by atoms with E-state index in [0.29, 0.717) is 0 Å². The molecule has 0 saturated carbocycles. The largest absolute Gasteiger partial charge is 0.0841 e. The van der Waals surface area contributed by atoms with Gasteiger partial charge in [0.15, 0.2) is 0 Å². The zero-order valence-electron chi connectivity index (χ0n) is 10.3. The highest BCUT2D eigenvalue weighted by Crippen LogP contribution is 2.37. The molecule has 2 aromatic rings. The first-order valence-corrected chi connectivity index (χ1v) is 6.14. The molecule has 0 N–H and O–H groups in total. The Balaban J connectivity index is 2.18. The van der Waals surface area contributed by atoms with Crippen molar-refractivity contribution in [3.8, 4) is 11.1 Å². The standard InChI is InChI=1S/C17H16/c1-3-12(2)13-8-9-15-10-14-6-4-5-7-16(14)17(15)11-13/h3-9,11H,10H2,1-2H3/b12-3+. The predicted molar refractivity (Wildman–Crippen MR) is 74.0 cm³/mol. The summed E-state index contributed by atoms with van der Waals surface area (Å²) in [7, 11) is 0. The Kier molecular flexibility index (Phi) is 2.36. The third kappa shape index (κ3) is 1.61. The molecule has 0 nitrogen and oxygen atoms in total. The van der Waals surface area contributed by atoms with Crippen molar-refractivity contribution in [2.24, 2.45) is 0 Å². The number of fused-ring (bicyclic) bond motifs is 3. The molecule has 0 radical (unpaired) electrons. The molecule has 0 fully saturated rings. The highest BCUT2D eigenvalue weighted by molar-refractivity contribution is 5.80. The fourth-order valence-corrected chi connectivity index (χ4v) is 2.54. The summed E-state index contributed by atoms with van der Waals surface area (Å²) in [4.78, 5) is 0. The molecule has 0 unspecified atom stereocenters. The Labute approximate surface area is 103 Å². The molecule has 0 heterocycles. The second-order valence-electron chi connectivity index (χ2n) is 4.68. The minimum absolute atomic E-state index is 1.08. The monoisotopic (exact) mass is 220 g/mol. The van der Waals surface area contributed by atoms with Gasteiger partial charge in [-0.25, -0.2) is 0 Å². The zero-order chi connectivity index (χ0) is 11.8. The van der Waals surface area contributed by atoms with Crippen LogP contribution in [0.2, 0.25) is 0 Å². The van der Waals surface area contributed by atoms with Gasteiger partial charge < -0.3 is 0 Å². The van der Waals surface area contributed by atoms with Gasteiger partial charge in [-0.1, -0.05) is 42.5 Å². The first kappa shape index (κ1) is 10.3. The lowest BCUT2D eigenvalue weighted by Crippen LogP contribution is -1.84. The molecule has 0 bridgehead atoms. The van der Waals surface area contributed by atoms with Gasteiger partial charge in [-0.3, -0.25) is 0 Å². The minimum Gasteiger partial charge on any atom is -0.0841 e. The highest BCUT2D eigenvalue weighted by atomic mass is 14.2. The van der Waals surface area contributed by atoms with E-state index in [1.807, 2.05) is 0 Å². The number of benzene rings is 2. The average molecular weight is 220 g/mol. The smallest absolute Gasteiger partial charge is 0.00134 e. The van der Waals surface area contributed by atoms with Gasteiger partial charge >= 0.3 is 0 Å². The van der Waals surface area contributed by atoms with Gasteiger partial charge in [0.1, 0.15) is 0 Å². The van der Waals surface area contributed by atoms with E-state index in [1.165, 1.54) is 33.4 Å². The lowest BCUT2D eigenvalue weighted by molar-refractivity contribution is 1.26. The lowest BCUT2D eigenvalue weighted by Gasteiger charge is -2.05. The Morgan fingerprint density at radius 1 is 1.00 bits per heavy atom. The van der Waals surface area contributed by atoms with Crippen LogP contribution in [-0.4, -0.2) is 0 Å². The maximum Gasteiger partial charge on any atom is -0.00134 e. The first-order valence-electron chi connectivity index (χ1n) is 6.14. The van der Waals surface area contributed by atoms with E-state index >= 15 is 0 Å². The molecule has 0 aromatic heterocycles. The zero-order valence-corrected chi connectivity index (χ0v) is 10.3. The van der Waals surface area contributed by atoms with Crippen LogP contribution in [0.25, 0.3) is 16.7 Å². The van der Waals surface area contributed by atoms with E-state index in [-0.39, 0.29) is 0 Å². The molecule has 0 heteroatoms. The van der Waals surface area contributed by atoms with E-state index in [1.54, 1.807) is 0 Å². The molecule has 1 aliphatic rings. The van der Waals surface area contributed by atoms with Crippen LogP contribution < -0.4 is 0 Å². The second kappa shape index (κ2) is 3.89. The van der Waals surface area contributed by atoms with Gasteiger partial charge in [0.25, 0.3) is 0 Å². The maximum absolute atomic E-state index is 2.33. The van der Waals surface area contributed by atoms with Gasteiger partial charge in [-0.2, -0.15) is 0 Å². The van der Waals surface area contributed by atoms with Crippen LogP contribution in [0.1, 0.15) is 30.5 Å². The average Bonchev–Trinajstić information content (AvgIpc) is 2.75. The summed E-state index contributed by atoms with van der Waals surface area (Å²) in [5, 5.41) is 0. The van der Waals surface area contributed by atoms with Crippen molar-refractivity contribution in [2.45, 2.75) is 20.3 Å². The van der Waals surface area contributed by atoms with Crippen molar-refractivity contribution >= 4 is 5.57 Å². The maximum atomic E-state index is 2.33. The van der Waals surface area contributed by atoms with E-state index in [4.69, 9.17) is 0 Å². The van der Waals surface area contributed by atoms with Crippen molar-refractivity contribution < 1.29 is 0 Å². The molecule has 0 aliphatic heterocycles. The number of hydrogen-bond acceptors (Lipinski definition) is 0. The van der Waals surface area contributed by atoms with Crippen LogP contribution in [0.5, 0.6) is 0 Å². The van der Waals surface area contributed by atoms with Crippen LogP contribution in [0.15, 0.2) is 48.5 Å². The van der Waals surface area contributed by atoms with E-state index in [0.717, 1.165) is 6.42 Å². The van der Waals surface area contributed by atoms with Crippen molar-refractivity contribution in [1.82, 2.24) is 0 Å². The third-order valence-corrected chi connectivity index (χ3v) is 3.69. The number of hydrogen-bond donors (Lipinski definition) is 0. The lowest BCUT2D eigenvalue weighted by atomic mass is 9.99. The highest BCUT2D eigenvalue weighted by Gasteiger charge is 2.17. The van der Waals surface area contributed by atoms with Crippen molar-refractivity contribution in [3.63, 3.8) is 0 Å². The molecule has 0 amide bonds. The minimum atomic E-state index is 1.08. The summed E-state index contributed by atoms with van der Waals surface area (Å²) in [6, 6.07) is 15.6. The first-order chi connectivity index (χ1) is 8.29.